The zero-order valence-electron chi connectivity index (χ0n) is 8.21. The molecule has 0 aliphatic heterocycles. The average molecular weight is 254 g/mol. The number of nitrogens with two attached hydrogens (primary N) is 1. The second-order valence-electron chi connectivity index (χ2n) is 3.34. The van der Waals surface area contributed by atoms with Crippen molar-refractivity contribution >= 4 is 26.8 Å². The number of benzene rings is 1. The van der Waals surface area contributed by atoms with Gasteiger partial charge >= 0.3 is 0 Å². The van der Waals surface area contributed by atoms with Crippen LogP contribution in [0.1, 0.15) is 11.3 Å². The Morgan fingerprint density at radius 2 is 2.21 bits per heavy atom. The van der Waals surface area contributed by atoms with E-state index in [1.54, 1.807) is 0 Å². The summed E-state index contributed by atoms with van der Waals surface area (Å²) in [5.41, 5.74) is 8.91. The Labute approximate surface area is 91.0 Å². The quantitative estimate of drug-likeness (QED) is 0.846. The molecule has 0 saturated heterocycles. The molecule has 0 saturated carbocycles. The predicted octanol–water partition coefficient (Wildman–Crippen LogP) is 2.10. The lowest BCUT2D eigenvalue weighted by atomic mass is 10.1. The molecule has 14 heavy (non-hydrogen) atoms. The number of hydrogen-bond donors (Lipinski definition) is 1. The van der Waals surface area contributed by atoms with Crippen molar-refractivity contribution in [3.8, 4) is 0 Å². The first kappa shape index (κ1) is 9.68. The van der Waals surface area contributed by atoms with E-state index >= 15 is 0 Å². The summed E-state index contributed by atoms with van der Waals surface area (Å²) >= 11 is 3.53. The third kappa shape index (κ3) is 1.26. The van der Waals surface area contributed by atoms with E-state index in [-0.39, 0.29) is 0 Å². The predicted molar refractivity (Wildman–Crippen MR) is 61.0 cm³/mol. The van der Waals surface area contributed by atoms with Crippen LogP contribution in [0.5, 0.6) is 0 Å². The van der Waals surface area contributed by atoms with Gasteiger partial charge in [0.1, 0.15) is 0 Å². The summed E-state index contributed by atoms with van der Waals surface area (Å²) < 4.78 is 2.96. The van der Waals surface area contributed by atoms with Gasteiger partial charge in [0, 0.05) is 29.1 Å². The normalized spacial score (nSPS) is 11.1. The van der Waals surface area contributed by atoms with Gasteiger partial charge in [-0.3, -0.25) is 4.68 Å². The third-order valence-electron chi connectivity index (χ3n) is 2.53. The van der Waals surface area contributed by atoms with Gasteiger partial charge in [0.15, 0.2) is 0 Å². The number of nitrogens with zero attached hydrogens (tertiary/aromatic N) is 2. The lowest BCUT2D eigenvalue weighted by Gasteiger charge is -1.99. The fraction of sp³-hybridized carbons (Fsp3) is 0.300. The number of halogens is 1. The molecule has 4 heteroatoms. The molecule has 3 nitrogen and oxygen atoms in total. The standard InChI is InChI=1S/C10H12BrN3/c1-6-9-8(11)4-3-7(5-12)10(9)13-14(6)2/h3-4H,5,12H2,1-2H3. The lowest BCUT2D eigenvalue weighted by Crippen LogP contribution is -1.97. The molecule has 2 aromatic rings. The van der Waals surface area contributed by atoms with Gasteiger partial charge < -0.3 is 5.73 Å². The Kier molecular flexibility index (Phi) is 2.33. The number of hydrogen-bond acceptors (Lipinski definition) is 2. The molecule has 0 spiro atoms. The van der Waals surface area contributed by atoms with E-state index in [0.717, 1.165) is 26.6 Å². The maximum absolute atomic E-state index is 5.66. The summed E-state index contributed by atoms with van der Waals surface area (Å²) in [4.78, 5) is 0. The van der Waals surface area contributed by atoms with Crippen molar-refractivity contribution in [2.75, 3.05) is 0 Å². The zero-order chi connectivity index (χ0) is 10.3. The molecule has 2 N–H and O–H groups in total. The van der Waals surface area contributed by atoms with Gasteiger partial charge in [-0.2, -0.15) is 5.10 Å². The van der Waals surface area contributed by atoms with Crippen LogP contribution >= 0.6 is 15.9 Å². The van der Waals surface area contributed by atoms with Crippen LogP contribution < -0.4 is 5.73 Å². The number of fused-ring (bicyclic) bond motifs is 1. The van der Waals surface area contributed by atoms with Crippen LogP contribution in [-0.4, -0.2) is 9.78 Å². The first-order valence-electron chi connectivity index (χ1n) is 4.46. The van der Waals surface area contributed by atoms with E-state index in [2.05, 4.69) is 28.0 Å². The minimum Gasteiger partial charge on any atom is -0.326 e. The molecule has 1 aromatic heterocycles. The number of aryl methyl sites for hydroxylation is 2. The van der Waals surface area contributed by atoms with E-state index in [1.165, 1.54) is 0 Å². The highest BCUT2D eigenvalue weighted by Gasteiger charge is 2.11. The minimum atomic E-state index is 0.528. The van der Waals surface area contributed by atoms with Crippen LogP contribution in [0.15, 0.2) is 16.6 Å². The van der Waals surface area contributed by atoms with Gasteiger partial charge in [-0.25, -0.2) is 0 Å². The van der Waals surface area contributed by atoms with Crippen molar-refractivity contribution in [1.29, 1.82) is 0 Å². The Balaban J connectivity index is 2.91. The van der Waals surface area contributed by atoms with Crippen molar-refractivity contribution in [2.24, 2.45) is 12.8 Å². The van der Waals surface area contributed by atoms with Crippen molar-refractivity contribution in [3.63, 3.8) is 0 Å². The van der Waals surface area contributed by atoms with E-state index in [4.69, 9.17) is 5.73 Å². The third-order valence-corrected chi connectivity index (χ3v) is 3.19. The van der Waals surface area contributed by atoms with Crippen LogP contribution in [0.4, 0.5) is 0 Å². The maximum Gasteiger partial charge on any atom is 0.0982 e. The molecule has 0 aliphatic carbocycles. The summed E-state index contributed by atoms with van der Waals surface area (Å²) in [7, 11) is 1.95. The summed E-state index contributed by atoms with van der Waals surface area (Å²) in [6, 6.07) is 4.04. The number of rotatable bonds is 1. The topological polar surface area (TPSA) is 43.8 Å². The molecular weight excluding hydrogens is 242 g/mol. The van der Waals surface area contributed by atoms with Crippen LogP contribution in [-0.2, 0) is 13.6 Å². The summed E-state index contributed by atoms with van der Waals surface area (Å²) in [5.74, 6) is 0. The number of aromatic nitrogens is 2. The second kappa shape index (κ2) is 3.37. The van der Waals surface area contributed by atoms with Gasteiger partial charge in [-0.05, 0) is 18.6 Å². The van der Waals surface area contributed by atoms with Crippen molar-refractivity contribution in [2.45, 2.75) is 13.5 Å². The maximum atomic E-state index is 5.66. The van der Waals surface area contributed by atoms with E-state index in [1.807, 2.05) is 23.9 Å². The second-order valence-corrected chi connectivity index (χ2v) is 4.20. The Hall–Kier alpha value is -0.870. The molecule has 0 bridgehead atoms. The summed E-state index contributed by atoms with van der Waals surface area (Å²) in [6.07, 6.45) is 0. The van der Waals surface area contributed by atoms with Gasteiger partial charge in [0.2, 0.25) is 0 Å². The molecule has 0 amide bonds. The average Bonchev–Trinajstić information content (AvgIpc) is 2.45. The van der Waals surface area contributed by atoms with Crippen LogP contribution in [0, 0.1) is 6.92 Å². The van der Waals surface area contributed by atoms with E-state index < -0.39 is 0 Å². The van der Waals surface area contributed by atoms with Crippen molar-refractivity contribution in [3.05, 3.63) is 27.9 Å². The molecular formula is C10H12BrN3. The fourth-order valence-corrected chi connectivity index (χ4v) is 2.23. The highest BCUT2D eigenvalue weighted by Crippen LogP contribution is 2.28. The lowest BCUT2D eigenvalue weighted by molar-refractivity contribution is 0.749. The summed E-state index contributed by atoms with van der Waals surface area (Å²) in [5, 5.41) is 5.61. The monoisotopic (exact) mass is 253 g/mol. The SMILES string of the molecule is Cc1c2c(Br)ccc(CN)c2nn1C. The molecule has 0 radical (unpaired) electrons. The zero-order valence-corrected chi connectivity index (χ0v) is 9.80. The first-order chi connectivity index (χ1) is 6.65. The van der Waals surface area contributed by atoms with Gasteiger partial charge in [-0.15, -0.1) is 0 Å². The molecule has 0 aliphatic rings. The summed E-state index contributed by atoms with van der Waals surface area (Å²) in [6.45, 7) is 2.58. The van der Waals surface area contributed by atoms with Crippen LogP contribution in [0.2, 0.25) is 0 Å². The van der Waals surface area contributed by atoms with Gasteiger partial charge in [0.25, 0.3) is 0 Å². The Morgan fingerprint density at radius 3 is 2.86 bits per heavy atom. The molecule has 1 aromatic carbocycles. The van der Waals surface area contributed by atoms with Crippen LogP contribution in [0.25, 0.3) is 10.9 Å². The van der Waals surface area contributed by atoms with Gasteiger partial charge in [0.05, 0.1) is 5.52 Å². The highest BCUT2D eigenvalue weighted by atomic mass is 79.9. The van der Waals surface area contributed by atoms with Crippen molar-refractivity contribution in [1.82, 2.24) is 9.78 Å². The van der Waals surface area contributed by atoms with Gasteiger partial charge in [-0.1, -0.05) is 22.0 Å². The van der Waals surface area contributed by atoms with Crippen molar-refractivity contribution < 1.29 is 0 Å². The Morgan fingerprint density at radius 1 is 1.50 bits per heavy atom. The van der Waals surface area contributed by atoms with E-state index in [0.29, 0.717) is 6.54 Å². The smallest absolute Gasteiger partial charge is 0.0982 e. The molecule has 74 valence electrons. The first-order valence-corrected chi connectivity index (χ1v) is 5.25. The van der Waals surface area contributed by atoms with Crippen LogP contribution in [0.3, 0.4) is 0 Å². The molecule has 0 unspecified atom stereocenters. The minimum absolute atomic E-state index is 0.528. The van der Waals surface area contributed by atoms with E-state index in [9.17, 15) is 0 Å². The Bertz CT molecular complexity index is 488. The fourth-order valence-electron chi connectivity index (χ4n) is 1.62. The highest BCUT2D eigenvalue weighted by molar-refractivity contribution is 9.10. The molecule has 0 fully saturated rings. The largest absolute Gasteiger partial charge is 0.326 e. The molecule has 2 rings (SSSR count). The molecule has 1 heterocycles. The molecule has 0 atom stereocenters.